The molecule has 1 aliphatic heterocycles. The van der Waals surface area contributed by atoms with Crippen molar-refractivity contribution in [2.75, 3.05) is 53.0 Å². The number of nitrogens with one attached hydrogen (secondary N) is 3. The number of benzene rings is 1. The van der Waals surface area contributed by atoms with E-state index in [1.54, 1.807) is 25.2 Å². The van der Waals surface area contributed by atoms with E-state index in [2.05, 4.69) is 39.7 Å². The number of halogens is 2. The maximum atomic E-state index is 12.2. The minimum Gasteiger partial charge on any atom is -0.379 e. The molecule has 1 fully saturated rings. The molecule has 1 unspecified atom stereocenters. The van der Waals surface area contributed by atoms with Crippen molar-refractivity contribution in [1.29, 1.82) is 0 Å². The minimum absolute atomic E-state index is 0.194. The van der Waals surface area contributed by atoms with Crippen LogP contribution in [0.1, 0.15) is 24.2 Å². The van der Waals surface area contributed by atoms with E-state index < -0.39 is 0 Å². The SMILES string of the molecule is CN=C(NCCNC(=O)c1ccc(Cl)c(Cl)c1)NCC(C(C)C)N1CCOCC1. The molecule has 9 heteroatoms. The highest BCUT2D eigenvalue weighted by molar-refractivity contribution is 6.42. The second-order valence-corrected chi connectivity index (χ2v) is 8.04. The van der Waals surface area contributed by atoms with E-state index in [0.29, 0.717) is 46.6 Å². The molecule has 1 aromatic carbocycles. The van der Waals surface area contributed by atoms with Gasteiger partial charge in [-0.1, -0.05) is 37.0 Å². The quantitative estimate of drug-likeness (QED) is 0.326. The number of morpholine rings is 1. The Bertz CT molecular complexity index is 693. The van der Waals surface area contributed by atoms with Crippen LogP contribution in [0.5, 0.6) is 0 Å². The summed E-state index contributed by atoms with van der Waals surface area (Å²) in [6.07, 6.45) is 0. The van der Waals surface area contributed by atoms with Crippen molar-refractivity contribution in [1.82, 2.24) is 20.9 Å². The number of carbonyl (C=O) groups excluding carboxylic acids is 1. The van der Waals surface area contributed by atoms with E-state index >= 15 is 0 Å². The fourth-order valence-corrected chi connectivity index (χ4v) is 3.51. The topological polar surface area (TPSA) is 78.0 Å². The van der Waals surface area contributed by atoms with Crippen LogP contribution < -0.4 is 16.0 Å². The summed E-state index contributed by atoms with van der Waals surface area (Å²) >= 11 is 11.8. The summed E-state index contributed by atoms with van der Waals surface area (Å²) in [6, 6.07) is 5.23. The van der Waals surface area contributed by atoms with Gasteiger partial charge in [0, 0.05) is 51.4 Å². The summed E-state index contributed by atoms with van der Waals surface area (Å²) in [4.78, 5) is 18.9. The second kappa shape index (κ2) is 12.2. The number of hydrogen-bond acceptors (Lipinski definition) is 4. The van der Waals surface area contributed by atoms with E-state index in [4.69, 9.17) is 27.9 Å². The van der Waals surface area contributed by atoms with Gasteiger partial charge in [-0.2, -0.15) is 0 Å². The first kappa shape index (κ1) is 23.7. The molecule has 162 valence electrons. The lowest BCUT2D eigenvalue weighted by Gasteiger charge is -2.37. The maximum Gasteiger partial charge on any atom is 0.251 e. The number of aliphatic imine (C=N–C) groups is 1. The van der Waals surface area contributed by atoms with E-state index in [0.717, 1.165) is 32.8 Å². The van der Waals surface area contributed by atoms with Gasteiger partial charge >= 0.3 is 0 Å². The Morgan fingerprint density at radius 3 is 2.45 bits per heavy atom. The summed E-state index contributed by atoms with van der Waals surface area (Å²) in [7, 11) is 1.74. The molecule has 0 spiro atoms. The van der Waals surface area contributed by atoms with E-state index in [-0.39, 0.29) is 5.91 Å². The van der Waals surface area contributed by atoms with Crippen LogP contribution in [0.2, 0.25) is 10.0 Å². The van der Waals surface area contributed by atoms with Crippen molar-refractivity contribution >= 4 is 35.1 Å². The lowest BCUT2D eigenvalue weighted by molar-refractivity contribution is 0.00752. The molecule has 0 radical (unpaired) electrons. The summed E-state index contributed by atoms with van der Waals surface area (Å²) in [5, 5.41) is 10.3. The Labute approximate surface area is 183 Å². The predicted molar refractivity (Wildman–Crippen MR) is 119 cm³/mol. The average molecular weight is 444 g/mol. The Balaban J connectivity index is 1.73. The first-order valence-electron chi connectivity index (χ1n) is 9.92. The van der Waals surface area contributed by atoms with Crippen molar-refractivity contribution in [3.05, 3.63) is 33.8 Å². The molecule has 0 aromatic heterocycles. The number of nitrogens with zero attached hydrogens (tertiary/aromatic N) is 2. The first-order valence-corrected chi connectivity index (χ1v) is 10.7. The Morgan fingerprint density at radius 2 is 1.83 bits per heavy atom. The third-order valence-electron chi connectivity index (χ3n) is 4.87. The van der Waals surface area contributed by atoms with E-state index in [1.165, 1.54) is 0 Å². The van der Waals surface area contributed by atoms with Gasteiger partial charge in [0.15, 0.2) is 5.96 Å². The van der Waals surface area contributed by atoms with Gasteiger partial charge < -0.3 is 20.7 Å². The molecule has 1 aliphatic rings. The zero-order valence-electron chi connectivity index (χ0n) is 17.3. The Hall–Kier alpha value is -1.54. The van der Waals surface area contributed by atoms with E-state index in [9.17, 15) is 4.79 Å². The molecule has 29 heavy (non-hydrogen) atoms. The molecule has 7 nitrogen and oxygen atoms in total. The van der Waals surface area contributed by atoms with Gasteiger partial charge in [-0.05, 0) is 24.1 Å². The van der Waals surface area contributed by atoms with Crippen LogP contribution in [0.3, 0.4) is 0 Å². The molecule has 1 atom stereocenters. The van der Waals surface area contributed by atoms with Crippen molar-refractivity contribution in [3.8, 4) is 0 Å². The molecule has 0 bridgehead atoms. The van der Waals surface area contributed by atoms with Gasteiger partial charge in [0.25, 0.3) is 5.91 Å². The summed E-state index contributed by atoms with van der Waals surface area (Å²) in [5.41, 5.74) is 0.479. The monoisotopic (exact) mass is 443 g/mol. The number of carbonyl (C=O) groups is 1. The molecular formula is C20H31Cl2N5O2. The summed E-state index contributed by atoms with van der Waals surface area (Å²) < 4.78 is 5.46. The molecule has 0 aliphatic carbocycles. The molecule has 1 heterocycles. The lowest BCUT2D eigenvalue weighted by atomic mass is 10.0. The zero-order chi connectivity index (χ0) is 21.2. The van der Waals surface area contributed by atoms with Crippen LogP contribution in [-0.2, 0) is 4.74 Å². The number of guanidine groups is 1. The second-order valence-electron chi connectivity index (χ2n) is 7.22. The van der Waals surface area contributed by atoms with Gasteiger partial charge in [-0.25, -0.2) is 0 Å². The number of amides is 1. The fourth-order valence-electron chi connectivity index (χ4n) is 3.21. The highest BCUT2D eigenvalue weighted by Gasteiger charge is 2.23. The van der Waals surface area contributed by atoms with Crippen LogP contribution in [0.25, 0.3) is 0 Å². The van der Waals surface area contributed by atoms with Gasteiger partial charge in [0.05, 0.1) is 23.3 Å². The standard InChI is InChI=1S/C20H31Cl2N5O2/c1-14(2)18(27-8-10-29-11-9-27)13-26-20(23-3)25-7-6-24-19(28)15-4-5-16(21)17(22)12-15/h4-5,12,14,18H,6-11,13H2,1-3H3,(H,24,28)(H2,23,25,26). The normalized spacial score (nSPS) is 16.6. The third-order valence-corrected chi connectivity index (χ3v) is 5.61. The number of rotatable bonds is 8. The van der Waals surface area contributed by atoms with Crippen molar-refractivity contribution in [2.45, 2.75) is 19.9 Å². The van der Waals surface area contributed by atoms with Crippen LogP contribution in [0.4, 0.5) is 0 Å². The van der Waals surface area contributed by atoms with Crippen LogP contribution in [-0.4, -0.2) is 75.8 Å². The molecule has 1 amide bonds. The minimum atomic E-state index is -0.194. The first-order chi connectivity index (χ1) is 13.9. The van der Waals surface area contributed by atoms with Crippen LogP contribution in [0, 0.1) is 5.92 Å². The molecule has 1 saturated heterocycles. The van der Waals surface area contributed by atoms with Crippen LogP contribution in [0.15, 0.2) is 23.2 Å². The lowest BCUT2D eigenvalue weighted by Crippen LogP contribution is -2.53. The van der Waals surface area contributed by atoms with Gasteiger partial charge in [-0.3, -0.25) is 14.7 Å². The van der Waals surface area contributed by atoms with Crippen LogP contribution >= 0.6 is 23.2 Å². The summed E-state index contributed by atoms with van der Waals surface area (Å²) in [6.45, 7) is 9.76. The van der Waals surface area contributed by atoms with Gasteiger partial charge in [-0.15, -0.1) is 0 Å². The number of hydrogen-bond donors (Lipinski definition) is 3. The highest BCUT2D eigenvalue weighted by Crippen LogP contribution is 2.22. The molecule has 3 N–H and O–H groups in total. The smallest absolute Gasteiger partial charge is 0.251 e. The number of ether oxygens (including phenoxy) is 1. The molecular weight excluding hydrogens is 413 g/mol. The zero-order valence-corrected chi connectivity index (χ0v) is 18.8. The molecule has 2 rings (SSSR count). The highest BCUT2D eigenvalue weighted by atomic mass is 35.5. The van der Waals surface area contributed by atoms with Gasteiger partial charge in [0.2, 0.25) is 0 Å². The fraction of sp³-hybridized carbons (Fsp3) is 0.600. The summed E-state index contributed by atoms with van der Waals surface area (Å²) in [5.74, 6) is 1.04. The van der Waals surface area contributed by atoms with Crippen molar-refractivity contribution in [2.24, 2.45) is 10.9 Å². The molecule has 1 aromatic rings. The van der Waals surface area contributed by atoms with E-state index in [1.807, 2.05) is 0 Å². The largest absolute Gasteiger partial charge is 0.379 e. The maximum absolute atomic E-state index is 12.2. The van der Waals surface area contributed by atoms with Crippen molar-refractivity contribution < 1.29 is 9.53 Å². The third kappa shape index (κ3) is 7.66. The Kier molecular flexibility index (Phi) is 10.0. The van der Waals surface area contributed by atoms with Crippen molar-refractivity contribution in [3.63, 3.8) is 0 Å². The average Bonchev–Trinajstić information content (AvgIpc) is 2.72. The molecule has 0 saturated carbocycles. The predicted octanol–water partition coefficient (Wildman–Crippen LogP) is 2.24. The van der Waals surface area contributed by atoms with Gasteiger partial charge in [0.1, 0.15) is 0 Å². The Morgan fingerprint density at radius 1 is 1.14 bits per heavy atom.